The summed E-state index contributed by atoms with van der Waals surface area (Å²) in [7, 11) is 1.48. The van der Waals surface area contributed by atoms with Gasteiger partial charge in [-0.15, -0.1) is 0 Å². The summed E-state index contributed by atoms with van der Waals surface area (Å²) in [5, 5.41) is 34.9. The van der Waals surface area contributed by atoms with Crippen LogP contribution in [0.3, 0.4) is 0 Å². The molecule has 0 spiro atoms. The molecule has 2 aliphatic carbocycles. The topological polar surface area (TPSA) is 119 Å². The lowest BCUT2D eigenvalue weighted by Crippen LogP contribution is -2.48. The zero-order valence-electron chi connectivity index (χ0n) is 19.3. The summed E-state index contributed by atoms with van der Waals surface area (Å²) in [5.41, 5.74) is 1.29. The lowest BCUT2D eigenvalue weighted by molar-refractivity contribution is -0.911. The highest BCUT2D eigenvalue weighted by Crippen LogP contribution is 2.36. The molecule has 0 aromatic carbocycles. The van der Waals surface area contributed by atoms with Crippen LogP contribution < -0.4 is 15.4 Å². The van der Waals surface area contributed by atoms with Crippen LogP contribution in [0.5, 0.6) is 0 Å². The maximum Gasteiger partial charge on any atom is 0.325 e. The van der Waals surface area contributed by atoms with Crippen molar-refractivity contribution in [2.24, 2.45) is 5.92 Å². The molecule has 0 unspecified atom stereocenters. The minimum Gasteiger partial charge on any atom is -0.494 e. The first-order valence-corrected chi connectivity index (χ1v) is 10.8. The minimum atomic E-state index is -0.688. The minimum absolute atomic E-state index is 0.0414. The maximum atomic E-state index is 12.9. The SMILES string of the molecule is COC1=CC(=N)/C(=C\N[C@H]2C[C@H](C(C)(C)O)C2)C=C1NC(=O)c1cccc(C(C)C)[n+]1O. The fourth-order valence-corrected chi connectivity index (χ4v) is 3.83. The highest BCUT2D eigenvalue weighted by Gasteiger charge is 2.38. The van der Waals surface area contributed by atoms with Gasteiger partial charge in [0.2, 0.25) is 5.69 Å². The Kier molecular flexibility index (Phi) is 6.74. The Morgan fingerprint density at radius 2 is 2.00 bits per heavy atom. The molecule has 1 aromatic heterocycles. The average Bonchev–Trinajstić information content (AvgIpc) is 2.67. The second-order valence-electron chi connectivity index (χ2n) is 9.23. The Morgan fingerprint density at radius 3 is 2.59 bits per heavy atom. The van der Waals surface area contributed by atoms with Crippen molar-refractivity contribution in [1.82, 2.24) is 10.6 Å². The zero-order valence-corrected chi connectivity index (χ0v) is 19.3. The van der Waals surface area contributed by atoms with Gasteiger partial charge in [0.05, 0.1) is 24.1 Å². The third-order valence-corrected chi connectivity index (χ3v) is 6.05. The van der Waals surface area contributed by atoms with Gasteiger partial charge in [-0.25, -0.2) is 0 Å². The van der Waals surface area contributed by atoms with Gasteiger partial charge in [-0.2, -0.15) is 0 Å². The van der Waals surface area contributed by atoms with E-state index in [9.17, 15) is 15.1 Å². The molecule has 0 saturated heterocycles. The molecule has 8 nitrogen and oxygen atoms in total. The number of nitrogens with one attached hydrogen (secondary N) is 3. The van der Waals surface area contributed by atoms with Gasteiger partial charge < -0.3 is 25.9 Å². The molecule has 32 heavy (non-hydrogen) atoms. The van der Waals surface area contributed by atoms with E-state index in [-0.39, 0.29) is 29.3 Å². The largest absolute Gasteiger partial charge is 0.494 e. The Hall–Kier alpha value is -3.13. The van der Waals surface area contributed by atoms with E-state index in [0.717, 1.165) is 17.6 Å². The molecule has 0 radical (unpaired) electrons. The van der Waals surface area contributed by atoms with Crippen molar-refractivity contribution >= 4 is 11.6 Å². The van der Waals surface area contributed by atoms with Crippen LogP contribution in [0, 0.1) is 11.3 Å². The molecule has 5 N–H and O–H groups in total. The molecule has 172 valence electrons. The van der Waals surface area contributed by atoms with Crippen LogP contribution in [0.4, 0.5) is 0 Å². The van der Waals surface area contributed by atoms with E-state index in [2.05, 4.69) is 10.6 Å². The van der Waals surface area contributed by atoms with Crippen LogP contribution in [-0.2, 0) is 4.74 Å². The van der Waals surface area contributed by atoms with Gasteiger partial charge in [-0.05, 0) is 44.7 Å². The lowest BCUT2D eigenvalue weighted by Gasteiger charge is -2.42. The summed E-state index contributed by atoms with van der Waals surface area (Å²) in [6.07, 6.45) is 6.69. The van der Waals surface area contributed by atoms with E-state index in [4.69, 9.17) is 10.1 Å². The number of carbonyl (C=O) groups is 1. The van der Waals surface area contributed by atoms with E-state index in [1.165, 1.54) is 13.2 Å². The maximum absolute atomic E-state index is 12.9. The Bertz CT molecular complexity index is 996. The van der Waals surface area contributed by atoms with Gasteiger partial charge in [-0.3, -0.25) is 10.0 Å². The first-order chi connectivity index (χ1) is 15.0. The van der Waals surface area contributed by atoms with Crippen LogP contribution in [0.2, 0.25) is 0 Å². The molecule has 0 atom stereocenters. The zero-order chi connectivity index (χ0) is 23.6. The molecule has 0 aliphatic heterocycles. The van der Waals surface area contributed by atoms with Crippen molar-refractivity contribution in [3.63, 3.8) is 0 Å². The van der Waals surface area contributed by atoms with E-state index in [1.807, 2.05) is 27.7 Å². The second kappa shape index (κ2) is 9.16. The van der Waals surface area contributed by atoms with E-state index < -0.39 is 11.5 Å². The fourth-order valence-electron chi connectivity index (χ4n) is 3.83. The van der Waals surface area contributed by atoms with Crippen molar-refractivity contribution in [2.45, 2.75) is 58.1 Å². The summed E-state index contributed by atoms with van der Waals surface area (Å²) in [6.45, 7) is 7.51. The summed E-state index contributed by atoms with van der Waals surface area (Å²) < 4.78 is 6.25. The normalized spacial score (nSPS) is 22.2. The van der Waals surface area contributed by atoms with Crippen LogP contribution in [0.25, 0.3) is 0 Å². The summed E-state index contributed by atoms with van der Waals surface area (Å²) in [5.74, 6) is 0.161. The highest BCUT2D eigenvalue weighted by atomic mass is 16.5. The number of ether oxygens (including phenoxy) is 1. The summed E-state index contributed by atoms with van der Waals surface area (Å²) >= 11 is 0. The molecule has 1 heterocycles. The Balaban J connectivity index is 1.76. The van der Waals surface area contributed by atoms with Crippen molar-refractivity contribution < 1.29 is 24.6 Å². The monoisotopic (exact) mass is 441 g/mol. The molecular weight excluding hydrogens is 408 g/mol. The number of nitrogens with zero attached hydrogens (tertiary/aromatic N) is 1. The summed E-state index contributed by atoms with van der Waals surface area (Å²) in [6, 6.07) is 5.26. The van der Waals surface area contributed by atoms with Crippen molar-refractivity contribution in [1.29, 1.82) is 5.41 Å². The molecule has 1 amide bonds. The van der Waals surface area contributed by atoms with Crippen LogP contribution >= 0.6 is 0 Å². The number of pyridine rings is 1. The number of aromatic nitrogens is 1. The van der Waals surface area contributed by atoms with Gasteiger partial charge >= 0.3 is 11.6 Å². The Labute approximate surface area is 188 Å². The quantitative estimate of drug-likeness (QED) is 0.329. The van der Waals surface area contributed by atoms with E-state index >= 15 is 0 Å². The molecular formula is C24H33N4O4+. The molecule has 1 aromatic rings. The van der Waals surface area contributed by atoms with Crippen molar-refractivity contribution in [3.05, 3.63) is 65.0 Å². The highest BCUT2D eigenvalue weighted by molar-refractivity contribution is 6.10. The fraction of sp³-hybridized carbons (Fsp3) is 0.458. The third-order valence-electron chi connectivity index (χ3n) is 6.05. The number of amides is 1. The van der Waals surface area contributed by atoms with Gasteiger partial charge in [0.1, 0.15) is 5.76 Å². The first kappa shape index (κ1) is 23.5. The van der Waals surface area contributed by atoms with Gasteiger partial charge in [0.15, 0.2) is 0 Å². The number of aliphatic hydroxyl groups is 1. The van der Waals surface area contributed by atoms with E-state index in [1.54, 1.807) is 30.5 Å². The number of methoxy groups -OCH3 is 1. The van der Waals surface area contributed by atoms with E-state index in [0.29, 0.717) is 22.7 Å². The first-order valence-electron chi connectivity index (χ1n) is 10.8. The number of rotatable bonds is 7. The number of carbonyl (C=O) groups excluding carboxylic acids is 1. The Morgan fingerprint density at radius 1 is 1.31 bits per heavy atom. The predicted octanol–water partition coefficient (Wildman–Crippen LogP) is 2.54. The second-order valence-corrected chi connectivity index (χ2v) is 9.23. The van der Waals surface area contributed by atoms with Crippen molar-refractivity contribution in [3.8, 4) is 0 Å². The van der Waals surface area contributed by atoms with Gasteiger partial charge in [0.25, 0.3) is 0 Å². The number of allylic oxidation sites excluding steroid dienone is 3. The molecule has 1 saturated carbocycles. The van der Waals surface area contributed by atoms with Crippen LogP contribution in [0.15, 0.2) is 53.6 Å². The van der Waals surface area contributed by atoms with Gasteiger partial charge in [-0.1, -0.05) is 13.8 Å². The number of hydrogen-bond acceptors (Lipinski definition) is 6. The number of hydrogen-bond donors (Lipinski definition) is 5. The molecule has 2 aliphatic rings. The third kappa shape index (κ3) is 5.02. The summed E-state index contributed by atoms with van der Waals surface area (Å²) in [4.78, 5) is 12.9. The smallest absolute Gasteiger partial charge is 0.325 e. The van der Waals surface area contributed by atoms with Crippen LogP contribution in [0.1, 0.15) is 62.6 Å². The molecule has 8 heteroatoms. The van der Waals surface area contributed by atoms with Crippen molar-refractivity contribution in [2.75, 3.05) is 7.11 Å². The standard InChI is InChI=1S/C24H32N4O4/c1-14(2)20-7-6-8-21(28(20)31)23(29)27-19-9-15(18(25)12-22(19)32-5)13-26-17-10-16(11-17)24(3,4)30/h6-9,12-14,16-17,25,29-31H,10-11H2,1-5H3/p+1/t16-,17-. The van der Waals surface area contributed by atoms with Crippen LogP contribution in [-0.4, -0.2) is 40.7 Å². The lowest BCUT2D eigenvalue weighted by atomic mass is 9.71. The predicted molar refractivity (Wildman–Crippen MR) is 120 cm³/mol. The average molecular weight is 442 g/mol. The molecule has 3 rings (SSSR count). The van der Waals surface area contributed by atoms with Gasteiger partial charge in [0, 0.05) is 46.7 Å². The molecule has 0 bridgehead atoms. The molecule has 1 fully saturated rings.